The van der Waals surface area contributed by atoms with Crippen LogP contribution in [0.15, 0.2) is 35.8 Å². The van der Waals surface area contributed by atoms with Gasteiger partial charge in [0, 0.05) is 31.6 Å². The van der Waals surface area contributed by atoms with Crippen LogP contribution in [0, 0.1) is 12.8 Å². The molecule has 4 rings (SSSR count). The van der Waals surface area contributed by atoms with Gasteiger partial charge >= 0.3 is 0 Å². The standard InChI is InChI=1S/C25H31N5O2S/c1-16-15-33-23(22(16)30(17(2)31)14-18-7-10-29(3)11-8-18)25(32)28-13-19-4-5-21-20(12-19)6-9-27-24(21)26/h4-6,9,12,15,18H,7-8,10-11,13-14H2,1-3H3,(H2,26,27)(H,28,32). The summed E-state index contributed by atoms with van der Waals surface area (Å²) in [6, 6.07) is 7.80. The van der Waals surface area contributed by atoms with Gasteiger partial charge in [-0.15, -0.1) is 11.3 Å². The summed E-state index contributed by atoms with van der Waals surface area (Å²) in [7, 11) is 2.13. The molecule has 3 aromatic rings. The van der Waals surface area contributed by atoms with Crippen molar-refractivity contribution in [3.63, 3.8) is 0 Å². The highest BCUT2D eigenvalue weighted by molar-refractivity contribution is 7.13. The number of amides is 2. The van der Waals surface area contributed by atoms with Crippen LogP contribution < -0.4 is 16.0 Å². The number of hydrogen-bond acceptors (Lipinski definition) is 6. The molecule has 1 aliphatic rings. The molecule has 0 bridgehead atoms. The number of carbonyl (C=O) groups excluding carboxylic acids is 2. The lowest BCUT2D eigenvalue weighted by Gasteiger charge is -2.33. The van der Waals surface area contributed by atoms with Crippen molar-refractivity contribution in [1.29, 1.82) is 0 Å². The Hall–Kier alpha value is -2.97. The van der Waals surface area contributed by atoms with Crippen molar-refractivity contribution >= 4 is 45.4 Å². The Kier molecular flexibility index (Phi) is 6.95. The number of likely N-dealkylation sites (tertiary alicyclic amines) is 1. The van der Waals surface area contributed by atoms with E-state index in [-0.39, 0.29) is 11.8 Å². The second-order valence-corrected chi connectivity index (χ2v) is 9.79. The van der Waals surface area contributed by atoms with Crippen molar-refractivity contribution in [2.45, 2.75) is 33.2 Å². The number of nitrogens with one attached hydrogen (secondary N) is 1. The maximum Gasteiger partial charge on any atom is 0.263 e. The lowest BCUT2D eigenvalue weighted by Crippen LogP contribution is -2.40. The van der Waals surface area contributed by atoms with E-state index in [0.717, 1.165) is 53.5 Å². The van der Waals surface area contributed by atoms with Crippen molar-refractivity contribution in [3.05, 3.63) is 51.8 Å². The third-order valence-corrected chi connectivity index (χ3v) is 7.48. The largest absolute Gasteiger partial charge is 0.383 e. The first-order valence-electron chi connectivity index (χ1n) is 11.3. The van der Waals surface area contributed by atoms with Gasteiger partial charge in [-0.1, -0.05) is 12.1 Å². The molecule has 3 N–H and O–H groups in total. The summed E-state index contributed by atoms with van der Waals surface area (Å²) in [6.07, 6.45) is 3.81. The van der Waals surface area contributed by atoms with Crippen molar-refractivity contribution in [3.8, 4) is 0 Å². The zero-order chi connectivity index (χ0) is 23.5. The SMILES string of the molecule is CC(=O)N(CC1CCN(C)CC1)c1c(C)csc1C(=O)NCc1ccc2c(N)nccc2c1. The highest BCUT2D eigenvalue weighted by Crippen LogP contribution is 2.33. The van der Waals surface area contributed by atoms with Gasteiger partial charge in [0.05, 0.1) is 5.69 Å². The van der Waals surface area contributed by atoms with Crippen LogP contribution in [-0.4, -0.2) is 48.4 Å². The fourth-order valence-electron chi connectivity index (χ4n) is 4.44. The molecule has 0 atom stereocenters. The van der Waals surface area contributed by atoms with Crippen LogP contribution in [0.4, 0.5) is 11.5 Å². The van der Waals surface area contributed by atoms with Crippen molar-refractivity contribution < 1.29 is 9.59 Å². The van der Waals surface area contributed by atoms with Crippen LogP contribution in [0.1, 0.15) is 40.6 Å². The maximum absolute atomic E-state index is 13.2. The van der Waals surface area contributed by atoms with Gasteiger partial charge in [0.1, 0.15) is 10.7 Å². The normalized spacial score (nSPS) is 15.0. The van der Waals surface area contributed by atoms with Gasteiger partial charge in [-0.3, -0.25) is 9.59 Å². The van der Waals surface area contributed by atoms with Gasteiger partial charge in [-0.2, -0.15) is 0 Å². The van der Waals surface area contributed by atoms with Crippen LogP contribution in [0.2, 0.25) is 0 Å². The quantitative estimate of drug-likeness (QED) is 0.578. The predicted octanol–water partition coefficient (Wildman–Crippen LogP) is 3.81. The maximum atomic E-state index is 13.2. The molecule has 0 saturated carbocycles. The van der Waals surface area contributed by atoms with Gasteiger partial charge in [-0.05, 0) is 79.8 Å². The fraction of sp³-hybridized carbons (Fsp3) is 0.400. The first kappa shape index (κ1) is 23.2. The van der Waals surface area contributed by atoms with Gasteiger partial charge < -0.3 is 20.9 Å². The second-order valence-electron chi connectivity index (χ2n) is 8.91. The Bertz CT molecular complexity index is 1170. The Morgan fingerprint density at radius 2 is 2.03 bits per heavy atom. The fourth-order valence-corrected chi connectivity index (χ4v) is 5.41. The topological polar surface area (TPSA) is 91.6 Å². The minimum atomic E-state index is -0.160. The Labute approximate surface area is 198 Å². The van der Waals surface area contributed by atoms with Gasteiger partial charge in [0.2, 0.25) is 5.91 Å². The molecule has 33 heavy (non-hydrogen) atoms. The number of aryl methyl sites for hydroxylation is 1. The Morgan fingerprint density at radius 3 is 2.76 bits per heavy atom. The molecule has 174 valence electrons. The monoisotopic (exact) mass is 465 g/mol. The number of pyridine rings is 1. The predicted molar refractivity (Wildman–Crippen MR) is 135 cm³/mol. The number of carbonyl (C=O) groups is 2. The van der Waals surface area contributed by atoms with Crippen LogP contribution in [0.25, 0.3) is 10.8 Å². The number of aromatic nitrogens is 1. The van der Waals surface area contributed by atoms with Gasteiger partial charge in [-0.25, -0.2) is 4.98 Å². The van der Waals surface area contributed by atoms with E-state index in [1.54, 1.807) is 13.1 Å². The first-order valence-corrected chi connectivity index (χ1v) is 12.2. The molecule has 2 aromatic heterocycles. The zero-order valence-corrected chi connectivity index (χ0v) is 20.2. The number of nitrogens with zero attached hydrogens (tertiary/aromatic N) is 3. The van der Waals surface area contributed by atoms with E-state index in [0.29, 0.717) is 29.7 Å². The zero-order valence-electron chi connectivity index (χ0n) is 19.4. The van der Waals surface area contributed by atoms with E-state index >= 15 is 0 Å². The molecule has 8 heteroatoms. The Balaban J connectivity index is 1.50. The van der Waals surface area contributed by atoms with Crippen LogP contribution in [0.3, 0.4) is 0 Å². The highest BCUT2D eigenvalue weighted by atomic mass is 32.1. The summed E-state index contributed by atoms with van der Waals surface area (Å²) in [5, 5.41) is 6.88. The molecular formula is C25H31N5O2S. The number of anilines is 2. The highest BCUT2D eigenvalue weighted by Gasteiger charge is 2.27. The number of fused-ring (bicyclic) bond motifs is 1. The summed E-state index contributed by atoms with van der Waals surface area (Å²) < 4.78 is 0. The lowest BCUT2D eigenvalue weighted by atomic mass is 9.96. The van der Waals surface area contributed by atoms with E-state index in [1.165, 1.54) is 11.3 Å². The van der Waals surface area contributed by atoms with Crippen LogP contribution >= 0.6 is 11.3 Å². The summed E-state index contributed by atoms with van der Waals surface area (Å²) in [4.78, 5) is 34.6. The molecule has 1 fully saturated rings. The molecular weight excluding hydrogens is 434 g/mol. The van der Waals surface area contributed by atoms with Gasteiger partial charge in [0.15, 0.2) is 0 Å². The van der Waals surface area contributed by atoms with Crippen molar-refractivity contribution in [2.75, 3.05) is 37.3 Å². The molecule has 2 amide bonds. The van der Waals surface area contributed by atoms with E-state index in [9.17, 15) is 9.59 Å². The molecule has 0 radical (unpaired) electrons. The average molecular weight is 466 g/mol. The summed E-state index contributed by atoms with van der Waals surface area (Å²) in [5.74, 6) is 0.757. The minimum absolute atomic E-state index is 0.0230. The molecule has 0 aliphatic carbocycles. The number of rotatable bonds is 6. The number of nitrogen functional groups attached to an aromatic ring is 1. The van der Waals surface area contributed by atoms with E-state index in [2.05, 4.69) is 22.2 Å². The van der Waals surface area contributed by atoms with Crippen molar-refractivity contribution in [1.82, 2.24) is 15.2 Å². The number of thiophene rings is 1. The number of benzene rings is 1. The lowest BCUT2D eigenvalue weighted by molar-refractivity contribution is -0.116. The van der Waals surface area contributed by atoms with Gasteiger partial charge in [0.25, 0.3) is 5.91 Å². The first-order chi connectivity index (χ1) is 15.8. The summed E-state index contributed by atoms with van der Waals surface area (Å²) in [6.45, 7) is 6.68. The van der Waals surface area contributed by atoms with Crippen LogP contribution in [0.5, 0.6) is 0 Å². The van der Waals surface area contributed by atoms with Crippen LogP contribution in [-0.2, 0) is 11.3 Å². The summed E-state index contributed by atoms with van der Waals surface area (Å²) in [5.41, 5.74) is 8.63. The molecule has 1 aromatic carbocycles. The third kappa shape index (κ3) is 5.17. The number of nitrogens with two attached hydrogens (primary N) is 1. The second kappa shape index (κ2) is 9.89. The summed E-state index contributed by atoms with van der Waals surface area (Å²) >= 11 is 1.39. The molecule has 3 heterocycles. The molecule has 7 nitrogen and oxygen atoms in total. The number of hydrogen-bond donors (Lipinski definition) is 2. The molecule has 0 spiro atoms. The molecule has 0 unspecified atom stereocenters. The minimum Gasteiger partial charge on any atom is -0.383 e. The molecule has 1 aliphatic heterocycles. The third-order valence-electron chi connectivity index (χ3n) is 6.39. The van der Waals surface area contributed by atoms with E-state index in [1.807, 2.05) is 41.5 Å². The average Bonchev–Trinajstić information content (AvgIpc) is 3.18. The molecule has 1 saturated heterocycles. The van der Waals surface area contributed by atoms with E-state index in [4.69, 9.17) is 5.73 Å². The Morgan fingerprint density at radius 1 is 1.27 bits per heavy atom. The van der Waals surface area contributed by atoms with Crippen molar-refractivity contribution in [2.24, 2.45) is 5.92 Å². The number of piperidine rings is 1. The smallest absolute Gasteiger partial charge is 0.263 e. The van der Waals surface area contributed by atoms with E-state index < -0.39 is 0 Å².